The van der Waals surface area contributed by atoms with Gasteiger partial charge in [0.25, 0.3) is 0 Å². The highest BCUT2D eigenvalue weighted by molar-refractivity contribution is 5.92. The average molecular weight is 633 g/mol. The van der Waals surface area contributed by atoms with Crippen molar-refractivity contribution < 1.29 is 29.4 Å². The zero-order valence-corrected chi connectivity index (χ0v) is 28.6. The van der Waals surface area contributed by atoms with Crippen LogP contribution in [0.5, 0.6) is 0 Å². The summed E-state index contributed by atoms with van der Waals surface area (Å²) >= 11 is 0. The van der Waals surface area contributed by atoms with Crippen LogP contribution in [0.25, 0.3) is 0 Å². The summed E-state index contributed by atoms with van der Waals surface area (Å²) in [6.07, 6.45) is 17.5. The molecule has 0 saturated heterocycles. The van der Waals surface area contributed by atoms with Gasteiger partial charge >= 0.3 is 0 Å². The lowest BCUT2D eigenvalue weighted by molar-refractivity contribution is -0.146. The second-order valence-corrected chi connectivity index (χ2v) is 17.8. The van der Waals surface area contributed by atoms with E-state index in [2.05, 4.69) is 27.7 Å². The molecular weight excluding hydrogens is 576 g/mol. The van der Waals surface area contributed by atoms with Crippen LogP contribution in [-0.4, -0.2) is 46.1 Å². The van der Waals surface area contributed by atoms with E-state index in [1.165, 1.54) is 24.0 Å². The van der Waals surface area contributed by atoms with Gasteiger partial charge in [-0.2, -0.15) is 0 Å². The van der Waals surface area contributed by atoms with Gasteiger partial charge in [-0.1, -0.05) is 38.8 Å². The van der Waals surface area contributed by atoms with Gasteiger partial charge in [0.05, 0.1) is 6.10 Å². The molecule has 0 unspecified atom stereocenters. The van der Waals surface area contributed by atoms with Crippen molar-refractivity contribution in [2.45, 2.75) is 130 Å². The van der Waals surface area contributed by atoms with Crippen LogP contribution in [0.3, 0.4) is 0 Å². The van der Waals surface area contributed by atoms with E-state index >= 15 is 0 Å². The molecule has 0 aromatic carbocycles. The number of carbonyl (C=O) groups excluding carboxylic acids is 4. The van der Waals surface area contributed by atoms with Gasteiger partial charge in [0.1, 0.15) is 12.4 Å². The molecule has 0 radical (unpaired) electrons. The highest BCUT2D eigenvalue weighted by Crippen LogP contribution is 2.67. The molecule has 46 heavy (non-hydrogen) atoms. The lowest BCUT2D eigenvalue weighted by atomic mass is 9.46. The molecule has 6 heteroatoms. The summed E-state index contributed by atoms with van der Waals surface area (Å²) in [4.78, 5) is 48.3. The maximum Gasteiger partial charge on any atom is 0.161 e. The van der Waals surface area contributed by atoms with Crippen molar-refractivity contribution in [3.8, 4) is 0 Å². The zero-order chi connectivity index (χ0) is 32.8. The summed E-state index contributed by atoms with van der Waals surface area (Å²) in [5.74, 6) is 4.00. The summed E-state index contributed by atoms with van der Waals surface area (Å²) in [6, 6.07) is 0. The van der Waals surface area contributed by atoms with Gasteiger partial charge in [-0.15, -0.1) is 0 Å². The molecule has 0 aromatic rings. The first-order chi connectivity index (χ1) is 21.8. The molecule has 6 nitrogen and oxygen atoms in total. The molecule has 8 rings (SSSR count). The third-order valence-corrected chi connectivity index (χ3v) is 16.1. The van der Waals surface area contributed by atoms with E-state index in [4.69, 9.17) is 0 Å². The van der Waals surface area contributed by atoms with Crippen LogP contribution in [-0.2, 0) is 19.2 Å². The third-order valence-electron chi connectivity index (χ3n) is 16.1. The first-order valence-corrected chi connectivity index (χ1v) is 18.6. The molecule has 0 aliphatic heterocycles. The Balaban J connectivity index is 0.000000149. The number of Topliss-reactive ketones (excluding diaryl/α,β-unsaturated/α-hetero) is 2. The Morgan fingerprint density at radius 2 is 1.30 bits per heavy atom. The molecule has 8 aliphatic rings. The molecule has 0 bridgehead atoms. The Kier molecular flexibility index (Phi) is 8.03. The van der Waals surface area contributed by atoms with Crippen molar-refractivity contribution in [1.82, 2.24) is 0 Å². The van der Waals surface area contributed by atoms with E-state index in [9.17, 15) is 29.4 Å². The SMILES string of the molecule is C[C@]12CCC(=O)C=C1CC[C@@H]1[C@@H]2CC[C@]2(C)C(=O)CC[C@@H]12.C[C@]12C[C@H](O)[C@H]3[C@@H](CCC4=CC(=O)CC[C@@]43C)[C@@H]1CC[C@@H]2C(=O)CO. The van der Waals surface area contributed by atoms with Crippen LogP contribution in [0.1, 0.15) is 124 Å². The molecular formula is C40H56O6. The van der Waals surface area contributed by atoms with Gasteiger partial charge in [-0.25, -0.2) is 0 Å². The number of carbonyl (C=O) groups is 4. The molecule has 0 heterocycles. The van der Waals surface area contributed by atoms with Crippen molar-refractivity contribution in [3.05, 3.63) is 23.3 Å². The molecule has 2 N–H and O–H groups in total. The van der Waals surface area contributed by atoms with E-state index in [0.717, 1.165) is 70.6 Å². The number of hydrogen-bond acceptors (Lipinski definition) is 6. The Morgan fingerprint density at radius 1 is 0.696 bits per heavy atom. The second-order valence-electron chi connectivity index (χ2n) is 17.8. The second kappa shape index (κ2) is 11.3. The number of aliphatic hydroxyl groups excluding tert-OH is 2. The van der Waals surface area contributed by atoms with Crippen molar-refractivity contribution in [3.63, 3.8) is 0 Å². The summed E-state index contributed by atoms with van der Waals surface area (Å²) < 4.78 is 0. The van der Waals surface area contributed by atoms with Gasteiger partial charge < -0.3 is 10.2 Å². The van der Waals surface area contributed by atoms with Crippen LogP contribution < -0.4 is 0 Å². The lowest BCUT2D eigenvalue weighted by Crippen LogP contribution is -2.57. The quantitative estimate of drug-likeness (QED) is 0.349. The van der Waals surface area contributed by atoms with E-state index < -0.39 is 6.10 Å². The van der Waals surface area contributed by atoms with Crippen molar-refractivity contribution in [2.75, 3.05) is 6.61 Å². The normalized spacial score (nSPS) is 49.1. The minimum atomic E-state index is -0.430. The summed E-state index contributed by atoms with van der Waals surface area (Å²) in [7, 11) is 0. The van der Waals surface area contributed by atoms with Gasteiger partial charge in [0, 0.05) is 30.6 Å². The standard InChI is InChI=1S/C21H30O4.C19H26O2/c1-20-8-7-13(23)9-12(20)3-4-14-15-5-6-16(18(25)11-22)21(15,2)10-17(24)19(14)20;1-18-9-7-13(20)11-12(18)3-4-14-15-5-6-17(21)19(15,2)10-8-16(14)18/h9,14-17,19,22,24H,3-8,10-11H2,1-2H3;11,14-16H,3-10H2,1-2H3/t14-,15-,16+,17-,19+,20-,21-;14-,15-,16-,18-,19-/m00/s1. The topological polar surface area (TPSA) is 109 Å². The summed E-state index contributed by atoms with van der Waals surface area (Å²) in [5.41, 5.74) is 2.62. The number of hydrogen-bond donors (Lipinski definition) is 2. The predicted octanol–water partition coefficient (Wildman–Crippen LogP) is 6.75. The fourth-order valence-electron chi connectivity index (χ4n) is 13.7. The number of ketones is 4. The number of rotatable bonds is 2. The van der Waals surface area contributed by atoms with Gasteiger partial charge in [-0.3, -0.25) is 19.2 Å². The Labute approximate surface area is 275 Å². The van der Waals surface area contributed by atoms with Gasteiger partial charge in [-0.05, 0) is 141 Å². The summed E-state index contributed by atoms with van der Waals surface area (Å²) in [6.45, 7) is 8.67. The fourth-order valence-corrected chi connectivity index (χ4v) is 13.7. The largest absolute Gasteiger partial charge is 0.393 e. The van der Waals surface area contributed by atoms with Gasteiger partial charge in [0.2, 0.25) is 0 Å². The Hall–Kier alpha value is -1.92. The minimum Gasteiger partial charge on any atom is -0.393 e. The van der Waals surface area contributed by atoms with Crippen molar-refractivity contribution in [1.29, 1.82) is 0 Å². The lowest BCUT2D eigenvalue weighted by Gasteiger charge is -2.59. The minimum absolute atomic E-state index is 0.0246. The zero-order valence-electron chi connectivity index (χ0n) is 28.6. The van der Waals surface area contributed by atoms with Crippen molar-refractivity contribution in [2.24, 2.45) is 63.1 Å². The average Bonchev–Trinajstić information content (AvgIpc) is 3.52. The van der Waals surface area contributed by atoms with Crippen LogP contribution >= 0.6 is 0 Å². The Morgan fingerprint density at radius 3 is 1.98 bits per heavy atom. The van der Waals surface area contributed by atoms with Crippen LogP contribution in [0.2, 0.25) is 0 Å². The molecule has 6 fully saturated rings. The number of aliphatic hydroxyl groups is 2. The van der Waals surface area contributed by atoms with E-state index in [1.807, 2.05) is 12.2 Å². The van der Waals surface area contributed by atoms with Crippen molar-refractivity contribution >= 4 is 23.1 Å². The van der Waals surface area contributed by atoms with Crippen LogP contribution in [0.4, 0.5) is 0 Å². The highest BCUT2D eigenvalue weighted by Gasteiger charge is 2.63. The van der Waals surface area contributed by atoms with E-state index in [0.29, 0.717) is 54.0 Å². The first kappa shape index (κ1) is 32.6. The monoisotopic (exact) mass is 632 g/mol. The molecule has 0 amide bonds. The smallest absolute Gasteiger partial charge is 0.161 e. The first-order valence-electron chi connectivity index (χ1n) is 18.6. The fraction of sp³-hybridized carbons (Fsp3) is 0.800. The van der Waals surface area contributed by atoms with E-state index in [1.54, 1.807) is 0 Å². The maximum atomic E-state index is 12.4. The molecule has 8 aliphatic carbocycles. The van der Waals surface area contributed by atoms with Gasteiger partial charge in [0.15, 0.2) is 17.3 Å². The molecule has 252 valence electrons. The maximum absolute atomic E-state index is 12.4. The Bertz CT molecular complexity index is 1390. The van der Waals surface area contributed by atoms with Crippen LogP contribution in [0, 0.1) is 63.1 Å². The molecule has 0 spiro atoms. The third kappa shape index (κ3) is 4.69. The van der Waals surface area contributed by atoms with E-state index in [-0.39, 0.29) is 51.7 Å². The predicted molar refractivity (Wildman–Crippen MR) is 175 cm³/mol. The van der Waals surface area contributed by atoms with Crippen LogP contribution in [0.15, 0.2) is 23.3 Å². The molecule has 6 saturated carbocycles. The number of fused-ring (bicyclic) bond motifs is 10. The highest BCUT2D eigenvalue weighted by atomic mass is 16.3. The molecule has 12 atom stereocenters. The summed E-state index contributed by atoms with van der Waals surface area (Å²) in [5, 5.41) is 20.5. The molecule has 0 aromatic heterocycles. The number of allylic oxidation sites excluding steroid dienone is 2.